The third-order valence-electron chi connectivity index (χ3n) is 1.74. The van der Waals surface area contributed by atoms with Gasteiger partial charge in [-0.2, -0.15) is 0 Å². The van der Waals surface area contributed by atoms with Gasteiger partial charge in [0.2, 0.25) is 0 Å². The molecule has 11 heavy (non-hydrogen) atoms. The number of hydrogen-bond donors (Lipinski definition) is 0. The van der Waals surface area contributed by atoms with Crippen molar-refractivity contribution >= 4 is 11.3 Å². The van der Waals surface area contributed by atoms with Gasteiger partial charge in [0.25, 0.3) is 0 Å². The summed E-state index contributed by atoms with van der Waals surface area (Å²) in [5.74, 6) is 0.582. The Morgan fingerprint density at radius 2 is 2.09 bits per heavy atom. The van der Waals surface area contributed by atoms with E-state index in [1.165, 1.54) is 15.6 Å². The fourth-order valence-corrected chi connectivity index (χ4v) is 2.04. The molecule has 1 nitrogen and oxygen atoms in total. The summed E-state index contributed by atoms with van der Waals surface area (Å²) in [4.78, 5) is 5.93. The van der Waals surface area contributed by atoms with Crippen LogP contribution >= 0.6 is 11.3 Å². The van der Waals surface area contributed by atoms with Crippen LogP contribution in [0.15, 0.2) is 0 Å². The van der Waals surface area contributed by atoms with Crippen LogP contribution in [0, 0.1) is 6.92 Å². The summed E-state index contributed by atoms with van der Waals surface area (Å²) in [6.45, 7) is 8.70. The second kappa shape index (κ2) is 3.35. The zero-order valence-electron chi connectivity index (χ0n) is 7.64. The maximum atomic E-state index is 4.55. The Kier molecular flexibility index (Phi) is 2.66. The lowest BCUT2D eigenvalue weighted by molar-refractivity contribution is 0.839. The molecule has 1 heterocycles. The van der Waals surface area contributed by atoms with Crippen molar-refractivity contribution in [2.24, 2.45) is 0 Å². The Morgan fingerprint density at radius 3 is 2.36 bits per heavy atom. The first-order valence-electron chi connectivity index (χ1n) is 4.11. The minimum atomic E-state index is 0.582. The molecule has 0 amide bonds. The van der Waals surface area contributed by atoms with E-state index in [2.05, 4.69) is 32.7 Å². The summed E-state index contributed by atoms with van der Waals surface area (Å²) in [6.07, 6.45) is 1.06. The van der Waals surface area contributed by atoms with Crippen molar-refractivity contribution in [3.63, 3.8) is 0 Å². The molecule has 0 atom stereocenters. The molecule has 62 valence electrons. The molecular formula is C9H15NS. The average molecular weight is 169 g/mol. The highest BCUT2D eigenvalue weighted by molar-refractivity contribution is 7.11. The van der Waals surface area contributed by atoms with Crippen LogP contribution in [-0.2, 0) is 6.42 Å². The van der Waals surface area contributed by atoms with E-state index >= 15 is 0 Å². The molecule has 0 N–H and O–H groups in total. The van der Waals surface area contributed by atoms with Crippen molar-refractivity contribution in [1.29, 1.82) is 0 Å². The minimum Gasteiger partial charge on any atom is -0.246 e. The first-order chi connectivity index (χ1) is 5.15. The maximum absolute atomic E-state index is 4.55. The Labute approximate surface area is 72.5 Å². The first kappa shape index (κ1) is 8.72. The van der Waals surface area contributed by atoms with Gasteiger partial charge in [-0.3, -0.25) is 0 Å². The van der Waals surface area contributed by atoms with Crippen molar-refractivity contribution in [2.75, 3.05) is 0 Å². The highest BCUT2D eigenvalue weighted by Gasteiger charge is 2.07. The van der Waals surface area contributed by atoms with E-state index in [0.717, 1.165) is 6.42 Å². The highest BCUT2D eigenvalue weighted by atomic mass is 32.1. The van der Waals surface area contributed by atoms with E-state index in [1.54, 1.807) is 0 Å². The summed E-state index contributed by atoms with van der Waals surface area (Å²) in [7, 11) is 0. The van der Waals surface area contributed by atoms with E-state index in [4.69, 9.17) is 0 Å². The molecular weight excluding hydrogens is 154 g/mol. The highest BCUT2D eigenvalue weighted by Crippen LogP contribution is 2.23. The van der Waals surface area contributed by atoms with Gasteiger partial charge in [0, 0.05) is 10.8 Å². The number of nitrogens with zero attached hydrogens (tertiary/aromatic N) is 1. The Balaban J connectivity index is 2.95. The largest absolute Gasteiger partial charge is 0.246 e. The zero-order valence-corrected chi connectivity index (χ0v) is 8.46. The van der Waals surface area contributed by atoms with E-state index in [-0.39, 0.29) is 0 Å². The predicted molar refractivity (Wildman–Crippen MR) is 50.3 cm³/mol. The standard InChI is InChI=1S/C9H15NS/c1-5-8-7(4)11-9(10-8)6(2)3/h6H,5H2,1-4H3. The van der Waals surface area contributed by atoms with E-state index in [1.807, 2.05) is 11.3 Å². The molecule has 1 aromatic rings. The number of thiazole rings is 1. The van der Waals surface area contributed by atoms with E-state index in [0.29, 0.717) is 5.92 Å². The van der Waals surface area contributed by atoms with Crippen LogP contribution in [0.5, 0.6) is 0 Å². The van der Waals surface area contributed by atoms with Crippen molar-refractivity contribution in [3.05, 3.63) is 15.6 Å². The summed E-state index contributed by atoms with van der Waals surface area (Å²) >= 11 is 1.84. The molecule has 0 aliphatic rings. The second-order valence-electron chi connectivity index (χ2n) is 3.06. The van der Waals surface area contributed by atoms with Crippen LogP contribution in [0.4, 0.5) is 0 Å². The lowest BCUT2D eigenvalue weighted by Crippen LogP contribution is -1.87. The zero-order chi connectivity index (χ0) is 8.43. The third kappa shape index (κ3) is 1.80. The maximum Gasteiger partial charge on any atom is 0.0956 e. The van der Waals surface area contributed by atoms with Gasteiger partial charge in [0.05, 0.1) is 10.7 Å². The van der Waals surface area contributed by atoms with Crippen LogP contribution < -0.4 is 0 Å². The molecule has 0 saturated heterocycles. The van der Waals surface area contributed by atoms with Crippen molar-refractivity contribution in [1.82, 2.24) is 4.98 Å². The minimum absolute atomic E-state index is 0.582. The molecule has 0 radical (unpaired) electrons. The molecule has 2 heteroatoms. The fraction of sp³-hybridized carbons (Fsp3) is 0.667. The fourth-order valence-electron chi connectivity index (χ4n) is 1.03. The summed E-state index contributed by atoms with van der Waals surface area (Å²) < 4.78 is 0. The molecule has 0 aliphatic carbocycles. The lowest BCUT2D eigenvalue weighted by Gasteiger charge is -1.95. The lowest BCUT2D eigenvalue weighted by atomic mass is 10.2. The van der Waals surface area contributed by atoms with Gasteiger partial charge in [-0.05, 0) is 13.3 Å². The van der Waals surface area contributed by atoms with E-state index < -0.39 is 0 Å². The van der Waals surface area contributed by atoms with Gasteiger partial charge in [-0.1, -0.05) is 20.8 Å². The first-order valence-corrected chi connectivity index (χ1v) is 4.93. The topological polar surface area (TPSA) is 12.9 Å². The smallest absolute Gasteiger partial charge is 0.0956 e. The molecule has 0 fully saturated rings. The molecule has 1 rings (SSSR count). The Bertz CT molecular complexity index is 238. The van der Waals surface area contributed by atoms with Gasteiger partial charge < -0.3 is 0 Å². The van der Waals surface area contributed by atoms with Crippen LogP contribution in [0.25, 0.3) is 0 Å². The summed E-state index contributed by atoms with van der Waals surface area (Å²) in [6, 6.07) is 0. The third-order valence-corrected chi connectivity index (χ3v) is 3.05. The molecule has 1 aromatic heterocycles. The molecule has 0 aromatic carbocycles. The van der Waals surface area contributed by atoms with E-state index in [9.17, 15) is 0 Å². The van der Waals surface area contributed by atoms with Gasteiger partial charge in [0.1, 0.15) is 0 Å². The normalized spacial score (nSPS) is 11.0. The van der Waals surface area contributed by atoms with Crippen LogP contribution in [0.2, 0.25) is 0 Å². The quantitative estimate of drug-likeness (QED) is 0.662. The Morgan fingerprint density at radius 1 is 1.45 bits per heavy atom. The van der Waals surface area contributed by atoms with Crippen LogP contribution in [0.1, 0.15) is 42.3 Å². The van der Waals surface area contributed by atoms with Gasteiger partial charge in [-0.25, -0.2) is 4.98 Å². The summed E-state index contributed by atoms with van der Waals surface area (Å²) in [5.41, 5.74) is 1.28. The van der Waals surface area contributed by atoms with Gasteiger partial charge >= 0.3 is 0 Å². The Hall–Kier alpha value is -0.370. The molecule has 0 unspecified atom stereocenters. The monoisotopic (exact) mass is 169 g/mol. The van der Waals surface area contributed by atoms with Crippen molar-refractivity contribution in [3.8, 4) is 0 Å². The van der Waals surface area contributed by atoms with Gasteiger partial charge in [0.15, 0.2) is 0 Å². The van der Waals surface area contributed by atoms with Crippen molar-refractivity contribution < 1.29 is 0 Å². The number of aryl methyl sites for hydroxylation is 2. The molecule has 0 aliphatic heterocycles. The number of aromatic nitrogens is 1. The predicted octanol–water partition coefficient (Wildman–Crippen LogP) is 3.14. The summed E-state index contributed by atoms with van der Waals surface area (Å²) in [5, 5.41) is 1.28. The van der Waals surface area contributed by atoms with Crippen LogP contribution in [0.3, 0.4) is 0 Å². The molecule has 0 bridgehead atoms. The SMILES string of the molecule is CCc1nc(C(C)C)sc1C. The van der Waals surface area contributed by atoms with Gasteiger partial charge in [-0.15, -0.1) is 11.3 Å². The molecule has 0 saturated carbocycles. The molecule has 0 spiro atoms. The number of hydrogen-bond acceptors (Lipinski definition) is 2. The van der Waals surface area contributed by atoms with Crippen LogP contribution in [-0.4, -0.2) is 4.98 Å². The average Bonchev–Trinajstić information content (AvgIpc) is 2.31. The number of rotatable bonds is 2. The van der Waals surface area contributed by atoms with Crippen molar-refractivity contribution in [2.45, 2.75) is 40.0 Å². The second-order valence-corrected chi connectivity index (χ2v) is 4.30.